The van der Waals surface area contributed by atoms with Gasteiger partial charge in [0.1, 0.15) is 0 Å². The molecule has 106 valence electrons. The summed E-state index contributed by atoms with van der Waals surface area (Å²) < 4.78 is 1.15. The Kier molecular flexibility index (Phi) is 5.29. The first-order valence-corrected chi connectivity index (χ1v) is 8.22. The van der Waals surface area contributed by atoms with Crippen LogP contribution >= 0.6 is 27.5 Å². The standard InChI is InChI=1S/C18H20BrCl/c1-12-8-13(2)17(14(3)9-12)10-15(11-20)16-6-4-5-7-18(16)19/h4-9,15H,10-11H2,1-3H3. The zero-order valence-electron chi connectivity index (χ0n) is 12.2. The Hall–Kier alpha value is -0.790. The maximum Gasteiger partial charge on any atom is 0.0295 e. The number of aryl methyl sites for hydroxylation is 3. The van der Waals surface area contributed by atoms with Crippen molar-refractivity contribution >= 4 is 27.5 Å². The van der Waals surface area contributed by atoms with Gasteiger partial charge in [0.05, 0.1) is 0 Å². The van der Waals surface area contributed by atoms with Crippen molar-refractivity contribution in [2.75, 3.05) is 5.88 Å². The summed E-state index contributed by atoms with van der Waals surface area (Å²) in [5.74, 6) is 0.974. The largest absolute Gasteiger partial charge is 0.126 e. The molecule has 0 heterocycles. The molecule has 0 aliphatic carbocycles. The predicted octanol–water partition coefficient (Wildman–Crippen LogP) is 5.94. The second-order valence-electron chi connectivity index (χ2n) is 5.45. The summed E-state index contributed by atoms with van der Waals surface area (Å²) in [4.78, 5) is 0. The molecule has 1 unspecified atom stereocenters. The van der Waals surface area contributed by atoms with Crippen LogP contribution in [-0.4, -0.2) is 5.88 Å². The fourth-order valence-corrected chi connectivity index (χ4v) is 3.72. The van der Waals surface area contributed by atoms with Gasteiger partial charge in [-0.25, -0.2) is 0 Å². The summed E-state index contributed by atoms with van der Waals surface area (Å²) >= 11 is 9.88. The molecular weight excluding hydrogens is 332 g/mol. The Labute approximate surface area is 135 Å². The van der Waals surface area contributed by atoms with E-state index in [1.165, 1.54) is 27.8 Å². The molecular formula is C18H20BrCl. The molecule has 0 aromatic heterocycles. The Morgan fingerprint density at radius 1 is 1.05 bits per heavy atom. The molecule has 0 nitrogen and oxygen atoms in total. The molecule has 0 radical (unpaired) electrons. The van der Waals surface area contributed by atoms with Gasteiger partial charge in [-0.1, -0.05) is 51.8 Å². The number of rotatable bonds is 4. The summed E-state index contributed by atoms with van der Waals surface area (Å²) in [6, 6.07) is 12.9. The van der Waals surface area contributed by atoms with Crippen molar-refractivity contribution in [3.05, 3.63) is 68.7 Å². The maximum absolute atomic E-state index is 6.24. The summed E-state index contributed by atoms with van der Waals surface area (Å²) in [6.07, 6.45) is 0.990. The van der Waals surface area contributed by atoms with Gasteiger partial charge in [-0.15, -0.1) is 11.6 Å². The van der Waals surface area contributed by atoms with Crippen molar-refractivity contribution in [3.8, 4) is 0 Å². The van der Waals surface area contributed by atoms with Gasteiger partial charge in [0.2, 0.25) is 0 Å². The number of hydrogen-bond donors (Lipinski definition) is 0. The normalized spacial score (nSPS) is 12.4. The number of benzene rings is 2. The van der Waals surface area contributed by atoms with Crippen molar-refractivity contribution in [3.63, 3.8) is 0 Å². The second-order valence-corrected chi connectivity index (χ2v) is 6.62. The predicted molar refractivity (Wildman–Crippen MR) is 92.0 cm³/mol. The molecule has 20 heavy (non-hydrogen) atoms. The third-order valence-electron chi connectivity index (χ3n) is 3.82. The molecule has 0 N–H and O–H groups in total. The average Bonchev–Trinajstić information content (AvgIpc) is 2.39. The summed E-state index contributed by atoms with van der Waals surface area (Å²) in [5, 5.41) is 0. The zero-order valence-corrected chi connectivity index (χ0v) is 14.6. The van der Waals surface area contributed by atoms with Crippen LogP contribution in [0.1, 0.15) is 33.7 Å². The van der Waals surface area contributed by atoms with E-state index in [2.05, 4.69) is 67.0 Å². The minimum atomic E-state index is 0.340. The number of halogens is 2. The van der Waals surface area contributed by atoms with Crippen LogP contribution in [-0.2, 0) is 6.42 Å². The highest BCUT2D eigenvalue weighted by Gasteiger charge is 2.16. The molecule has 0 fully saturated rings. The topological polar surface area (TPSA) is 0 Å². The lowest BCUT2D eigenvalue weighted by molar-refractivity contribution is 0.754. The highest BCUT2D eigenvalue weighted by molar-refractivity contribution is 9.10. The van der Waals surface area contributed by atoms with Gasteiger partial charge < -0.3 is 0 Å². The number of hydrogen-bond acceptors (Lipinski definition) is 0. The second kappa shape index (κ2) is 6.78. The monoisotopic (exact) mass is 350 g/mol. The van der Waals surface area contributed by atoms with Gasteiger partial charge in [-0.05, 0) is 55.5 Å². The van der Waals surface area contributed by atoms with Gasteiger partial charge in [0, 0.05) is 16.3 Å². The van der Waals surface area contributed by atoms with Gasteiger partial charge in [0.15, 0.2) is 0 Å². The van der Waals surface area contributed by atoms with Crippen molar-refractivity contribution in [1.29, 1.82) is 0 Å². The van der Waals surface area contributed by atoms with Crippen LogP contribution in [0.4, 0.5) is 0 Å². The fourth-order valence-electron chi connectivity index (χ4n) is 2.83. The molecule has 2 rings (SSSR count). The van der Waals surface area contributed by atoms with Crippen LogP contribution < -0.4 is 0 Å². The van der Waals surface area contributed by atoms with Crippen molar-refractivity contribution in [2.45, 2.75) is 33.1 Å². The maximum atomic E-state index is 6.24. The van der Waals surface area contributed by atoms with Crippen molar-refractivity contribution in [2.24, 2.45) is 0 Å². The highest BCUT2D eigenvalue weighted by atomic mass is 79.9. The molecule has 2 heteroatoms. The Bertz CT molecular complexity index is 581. The molecule has 0 aliphatic rings. The SMILES string of the molecule is Cc1cc(C)c(CC(CCl)c2ccccc2Br)c(C)c1. The van der Waals surface area contributed by atoms with E-state index in [4.69, 9.17) is 11.6 Å². The molecule has 2 aromatic carbocycles. The van der Waals surface area contributed by atoms with E-state index >= 15 is 0 Å². The fraction of sp³-hybridized carbons (Fsp3) is 0.333. The van der Waals surface area contributed by atoms with Crippen LogP contribution in [0.2, 0.25) is 0 Å². The first-order chi connectivity index (χ1) is 9.52. The third kappa shape index (κ3) is 3.45. The van der Waals surface area contributed by atoms with Crippen LogP contribution in [0.3, 0.4) is 0 Å². The van der Waals surface area contributed by atoms with Crippen molar-refractivity contribution in [1.82, 2.24) is 0 Å². The van der Waals surface area contributed by atoms with Crippen molar-refractivity contribution < 1.29 is 0 Å². The lowest BCUT2D eigenvalue weighted by Crippen LogP contribution is -2.08. The minimum Gasteiger partial charge on any atom is -0.126 e. The molecule has 0 saturated carbocycles. The molecule has 0 saturated heterocycles. The lowest BCUT2D eigenvalue weighted by Gasteiger charge is -2.19. The molecule has 1 atom stereocenters. The van der Waals surface area contributed by atoms with Crippen LogP contribution in [0.5, 0.6) is 0 Å². The highest BCUT2D eigenvalue weighted by Crippen LogP contribution is 2.31. The van der Waals surface area contributed by atoms with Gasteiger partial charge in [0.25, 0.3) is 0 Å². The average molecular weight is 352 g/mol. The van der Waals surface area contributed by atoms with E-state index in [1.54, 1.807) is 0 Å². The van der Waals surface area contributed by atoms with E-state index in [9.17, 15) is 0 Å². The van der Waals surface area contributed by atoms with Crippen LogP contribution in [0.25, 0.3) is 0 Å². The smallest absolute Gasteiger partial charge is 0.0295 e. The van der Waals surface area contributed by atoms with E-state index in [0.29, 0.717) is 11.8 Å². The zero-order chi connectivity index (χ0) is 14.7. The van der Waals surface area contributed by atoms with E-state index in [-0.39, 0.29) is 0 Å². The first-order valence-electron chi connectivity index (χ1n) is 6.90. The van der Waals surface area contributed by atoms with E-state index in [1.807, 2.05) is 6.07 Å². The van der Waals surface area contributed by atoms with E-state index < -0.39 is 0 Å². The quantitative estimate of drug-likeness (QED) is 0.598. The Morgan fingerprint density at radius 3 is 2.20 bits per heavy atom. The van der Waals surface area contributed by atoms with E-state index in [0.717, 1.165) is 10.9 Å². The number of alkyl halides is 1. The lowest BCUT2D eigenvalue weighted by atomic mass is 9.88. The van der Waals surface area contributed by atoms with Crippen LogP contribution in [0, 0.1) is 20.8 Å². The van der Waals surface area contributed by atoms with Gasteiger partial charge in [-0.3, -0.25) is 0 Å². The Balaban J connectivity index is 2.35. The minimum absolute atomic E-state index is 0.340. The summed E-state index contributed by atoms with van der Waals surface area (Å²) in [5.41, 5.74) is 6.78. The third-order valence-corrected chi connectivity index (χ3v) is 4.92. The molecule has 0 bridgehead atoms. The van der Waals surface area contributed by atoms with Crippen LogP contribution in [0.15, 0.2) is 40.9 Å². The van der Waals surface area contributed by atoms with Gasteiger partial charge in [-0.2, -0.15) is 0 Å². The molecule has 0 aliphatic heterocycles. The summed E-state index contributed by atoms with van der Waals surface area (Å²) in [6.45, 7) is 6.54. The first kappa shape index (κ1) is 15.6. The van der Waals surface area contributed by atoms with Gasteiger partial charge >= 0.3 is 0 Å². The Morgan fingerprint density at radius 2 is 1.65 bits per heavy atom. The molecule has 0 spiro atoms. The molecule has 2 aromatic rings. The summed E-state index contributed by atoms with van der Waals surface area (Å²) in [7, 11) is 0. The molecule has 0 amide bonds.